The summed E-state index contributed by atoms with van der Waals surface area (Å²) in [7, 11) is 0. The molecule has 1 aromatic rings. The van der Waals surface area contributed by atoms with Crippen LogP contribution in [0.4, 0.5) is 0 Å². The minimum absolute atomic E-state index is 0.498. The lowest BCUT2D eigenvalue weighted by Crippen LogP contribution is -1.85. The SMILES string of the molecule is CSc1ncc(C#N)cn1. The van der Waals surface area contributed by atoms with Crippen LogP contribution in [0.15, 0.2) is 17.6 Å². The quantitative estimate of drug-likeness (QED) is 0.445. The van der Waals surface area contributed by atoms with Crippen LogP contribution in [0.3, 0.4) is 0 Å². The third-order valence-corrected chi connectivity index (χ3v) is 1.52. The predicted octanol–water partition coefficient (Wildman–Crippen LogP) is 1.07. The van der Waals surface area contributed by atoms with Crippen LogP contribution in [0, 0.1) is 11.3 Å². The Hall–Kier alpha value is -1.08. The highest BCUT2D eigenvalue weighted by Gasteiger charge is 1.92. The van der Waals surface area contributed by atoms with Gasteiger partial charge in [-0.3, -0.25) is 0 Å². The van der Waals surface area contributed by atoms with Crippen LogP contribution < -0.4 is 0 Å². The van der Waals surface area contributed by atoms with Gasteiger partial charge in [0.25, 0.3) is 0 Å². The number of aromatic nitrogens is 2. The number of nitriles is 1. The van der Waals surface area contributed by atoms with Gasteiger partial charge >= 0.3 is 0 Å². The van der Waals surface area contributed by atoms with Gasteiger partial charge in [-0.25, -0.2) is 9.97 Å². The second-order valence-corrected chi connectivity index (χ2v) is 2.34. The first kappa shape index (κ1) is 7.03. The molecule has 0 radical (unpaired) electrons. The molecular formula is C6H5N3S. The predicted molar refractivity (Wildman–Crippen MR) is 38.5 cm³/mol. The van der Waals surface area contributed by atoms with E-state index in [-0.39, 0.29) is 0 Å². The summed E-state index contributed by atoms with van der Waals surface area (Å²) in [5, 5.41) is 9.06. The summed E-state index contributed by atoms with van der Waals surface area (Å²) < 4.78 is 0. The molecule has 0 aliphatic heterocycles. The lowest BCUT2D eigenvalue weighted by molar-refractivity contribution is 0.963. The van der Waals surface area contributed by atoms with Crippen LogP contribution in [0.5, 0.6) is 0 Å². The van der Waals surface area contributed by atoms with Crippen molar-refractivity contribution in [1.82, 2.24) is 9.97 Å². The molecule has 0 spiro atoms. The minimum Gasteiger partial charge on any atom is -0.230 e. The Kier molecular flexibility index (Phi) is 2.24. The first-order chi connectivity index (χ1) is 4.86. The second-order valence-electron chi connectivity index (χ2n) is 1.57. The van der Waals surface area contributed by atoms with Crippen molar-refractivity contribution in [2.45, 2.75) is 5.16 Å². The van der Waals surface area contributed by atoms with E-state index in [9.17, 15) is 0 Å². The molecule has 0 amide bonds. The molecule has 1 rings (SSSR count). The Morgan fingerprint density at radius 3 is 2.50 bits per heavy atom. The van der Waals surface area contributed by atoms with E-state index >= 15 is 0 Å². The first-order valence-corrected chi connectivity index (χ1v) is 3.85. The molecule has 0 unspecified atom stereocenters. The van der Waals surface area contributed by atoms with Gasteiger partial charge in [-0.05, 0) is 6.26 Å². The zero-order chi connectivity index (χ0) is 7.40. The first-order valence-electron chi connectivity index (χ1n) is 2.63. The Balaban J connectivity index is 2.93. The van der Waals surface area contributed by atoms with Gasteiger partial charge in [0, 0.05) is 12.4 Å². The number of hydrogen-bond acceptors (Lipinski definition) is 4. The van der Waals surface area contributed by atoms with Crippen LogP contribution in [0.1, 0.15) is 5.56 Å². The van der Waals surface area contributed by atoms with Crippen molar-refractivity contribution in [3.8, 4) is 6.07 Å². The normalized spacial score (nSPS) is 8.80. The van der Waals surface area contributed by atoms with Crippen LogP contribution in [0.2, 0.25) is 0 Å². The summed E-state index contributed by atoms with van der Waals surface area (Å²) in [6.45, 7) is 0. The molecule has 0 fully saturated rings. The maximum absolute atomic E-state index is 8.36. The molecule has 1 aromatic heterocycles. The summed E-state index contributed by atoms with van der Waals surface area (Å²) in [6, 6.07) is 1.94. The van der Waals surface area contributed by atoms with Crippen molar-refractivity contribution in [3.63, 3.8) is 0 Å². The molecule has 0 aliphatic rings. The molecule has 3 nitrogen and oxygen atoms in total. The molecule has 4 heteroatoms. The molecule has 0 atom stereocenters. The molecule has 1 heterocycles. The molecule has 0 bridgehead atoms. The van der Waals surface area contributed by atoms with Crippen LogP contribution in [0.25, 0.3) is 0 Å². The van der Waals surface area contributed by atoms with Gasteiger partial charge in [-0.15, -0.1) is 0 Å². The summed E-state index contributed by atoms with van der Waals surface area (Å²) in [5.74, 6) is 0. The number of nitrogens with zero attached hydrogens (tertiary/aromatic N) is 3. The third kappa shape index (κ3) is 1.45. The molecule has 0 saturated heterocycles. The second kappa shape index (κ2) is 3.18. The maximum atomic E-state index is 8.36. The van der Waals surface area contributed by atoms with Gasteiger partial charge in [0.15, 0.2) is 5.16 Å². The number of thioether (sulfide) groups is 1. The van der Waals surface area contributed by atoms with Gasteiger partial charge in [0.1, 0.15) is 6.07 Å². The molecule has 0 N–H and O–H groups in total. The van der Waals surface area contributed by atoms with E-state index in [0.717, 1.165) is 0 Å². The number of rotatable bonds is 1. The van der Waals surface area contributed by atoms with Gasteiger partial charge in [0.2, 0.25) is 0 Å². The van der Waals surface area contributed by atoms with Crippen LogP contribution in [-0.4, -0.2) is 16.2 Å². The Morgan fingerprint density at radius 2 is 2.10 bits per heavy atom. The Bertz CT molecular complexity index is 249. The van der Waals surface area contributed by atoms with E-state index in [0.29, 0.717) is 10.7 Å². The van der Waals surface area contributed by atoms with Crippen molar-refractivity contribution in [3.05, 3.63) is 18.0 Å². The van der Waals surface area contributed by atoms with Crippen LogP contribution in [-0.2, 0) is 0 Å². The summed E-state index contributed by atoms with van der Waals surface area (Å²) in [5.41, 5.74) is 0.498. The van der Waals surface area contributed by atoms with E-state index in [1.54, 1.807) is 0 Å². The highest BCUT2D eigenvalue weighted by Crippen LogP contribution is 2.05. The summed E-state index contributed by atoms with van der Waals surface area (Å²) in [4.78, 5) is 7.79. The van der Waals surface area contributed by atoms with Crippen molar-refractivity contribution in [2.24, 2.45) is 0 Å². The molecule has 10 heavy (non-hydrogen) atoms. The monoisotopic (exact) mass is 151 g/mol. The standard InChI is InChI=1S/C6H5N3S/c1-10-6-8-3-5(2-7)4-9-6/h3-4H,1H3. The fourth-order valence-corrected chi connectivity index (χ4v) is 0.796. The highest BCUT2D eigenvalue weighted by molar-refractivity contribution is 7.98. The third-order valence-electron chi connectivity index (χ3n) is 0.940. The Labute approximate surface area is 63.1 Å². The summed E-state index contributed by atoms with van der Waals surface area (Å²) >= 11 is 1.46. The smallest absolute Gasteiger partial charge is 0.187 e. The van der Waals surface area contributed by atoms with Crippen molar-refractivity contribution in [1.29, 1.82) is 5.26 Å². The Morgan fingerprint density at radius 1 is 1.50 bits per heavy atom. The molecular weight excluding hydrogens is 146 g/mol. The van der Waals surface area contributed by atoms with Gasteiger partial charge in [-0.2, -0.15) is 5.26 Å². The summed E-state index contributed by atoms with van der Waals surface area (Å²) in [6.07, 6.45) is 4.92. The van der Waals surface area contributed by atoms with Gasteiger partial charge < -0.3 is 0 Å². The van der Waals surface area contributed by atoms with E-state index < -0.39 is 0 Å². The highest BCUT2D eigenvalue weighted by atomic mass is 32.2. The van der Waals surface area contributed by atoms with E-state index in [1.807, 2.05) is 12.3 Å². The van der Waals surface area contributed by atoms with Crippen molar-refractivity contribution < 1.29 is 0 Å². The molecule has 50 valence electrons. The fourth-order valence-electron chi connectivity index (χ4n) is 0.479. The fraction of sp³-hybridized carbons (Fsp3) is 0.167. The van der Waals surface area contributed by atoms with Crippen LogP contribution >= 0.6 is 11.8 Å². The number of hydrogen-bond donors (Lipinski definition) is 0. The molecule has 0 aliphatic carbocycles. The van der Waals surface area contributed by atoms with Crippen molar-refractivity contribution in [2.75, 3.05) is 6.26 Å². The van der Waals surface area contributed by atoms with E-state index in [2.05, 4.69) is 9.97 Å². The lowest BCUT2D eigenvalue weighted by Gasteiger charge is -1.90. The lowest BCUT2D eigenvalue weighted by atomic mass is 10.4. The molecule has 0 saturated carbocycles. The van der Waals surface area contributed by atoms with Gasteiger partial charge in [-0.1, -0.05) is 11.8 Å². The van der Waals surface area contributed by atoms with E-state index in [4.69, 9.17) is 5.26 Å². The van der Waals surface area contributed by atoms with Gasteiger partial charge in [0.05, 0.1) is 5.56 Å². The minimum atomic E-state index is 0.498. The zero-order valence-corrected chi connectivity index (χ0v) is 6.22. The zero-order valence-electron chi connectivity index (χ0n) is 5.40. The largest absolute Gasteiger partial charge is 0.230 e. The van der Waals surface area contributed by atoms with E-state index in [1.165, 1.54) is 24.2 Å². The molecule has 0 aromatic carbocycles. The maximum Gasteiger partial charge on any atom is 0.187 e. The van der Waals surface area contributed by atoms with Crippen molar-refractivity contribution >= 4 is 11.8 Å². The topological polar surface area (TPSA) is 49.6 Å². The average molecular weight is 151 g/mol. The average Bonchev–Trinajstić information content (AvgIpc) is 2.05.